The first-order valence-electron chi connectivity index (χ1n) is 9.48. The van der Waals surface area contributed by atoms with Crippen LogP contribution >= 0.6 is 15.9 Å². The Labute approximate surface area is 176 Å². The Morgan fingerprint density at radius 3 is 2.21 bits per heavy atom. The van der Waals surface area contributed by atoms with Crippen LogP contribution in [0.5, 0.6) is 11.5 Å². The molecule has 5 heteroatoms. The summed E-state index contributed by atoms with van der Waals surface area (Å²) in [5, 5.41) is 3.65. The number of nitrogens with one attached hydrogen (secondary N) is 1. The van der Waals surface area contributed by atoms with Gasteiger partial charge in [0.25, 0.3) is 0 Å². The minimum absolute atomic E-state index is 0.0327. The molecular weight excluding hydrogens is 421 g/mol. The molecular formula is C23H31BrFNO2. The van der Waals surface area contributed by atoms with Crippen molar-refractivity contribution in [1.82, 2.24) is 5.32 Å². The summed E-state index contributed by atoms with van der Waals surface area (Å²) in [6.45, 7) is 12.1. The summed E-state index contributed by atoms with van der Waals surface area (Å²) in [6.07, 6.45) is 1.04. The monoisotopic (exact) mass is 451 g/mol. The van der Waals surface area contributed by atoms with Gasteiger partial charge in [0.15, 0.2) is 11.5 Å². The van der Waals surface area contributed by atoms with Gasteiger partial charge in [0.2, 0.25) is 0 Å². The third-order valence-electron chi connectivity index (χ3n) is 4.40. The van der Waals surface area contributed by atoms with Crippen LogP contribution in [0.2, 0.25) is 0 Å². The van der Waals surface area contributed by atoms with Gasteiger partial charge in [-0.05, 0) is 55.5 Å². The lowest BCUT2D eigenvalue weighted by atomic mass is 9.81. The van der Waals surface area contributed by atoms with Gasteiger partial charge < -0.3 is 14.8 Å². The van der Waals surface area contributed by atoms with Gasteiger partial charge in [-0.25, -0.2) is 4.39 Å². The van der Waals surface area contributed by atoms with E-state index in [0.29, 0.717) is 24.7 Å². The van der Waals surface area contributed by atoms with Crippen molar-refractivity contribution in [2.24, 2.45) is 5.41 Å². The number of benzene rings is 2. The topological polar surface area (TPSA) is 30.5 Å². The molecule has 0 aromatic heterocycles. The Morgan fingerprint density at radius 2 is 1.64 bits per heavy atom. The molecule has 0 saturated heterocycles. The van der Waals surface area contributed by atoms with Crippen molar-refractivity contribution in [3.8, 4) is 11.5 Å². The molecule has 0 saturated carbocycles. The van der Waals surface area contributed by atoms with E-state index in [1.54, 1.807) is 19.2 Å². The highest BCUT2D eigenvalue weighted by Crippen LogP contribution is 2.37. The van der Waals surface area contributed by atoms with E-state index in [-0.39, 0.29) is 16.8 Å². The van der Waals surface area contributed by atoms with E-state index in [1.807, 2.05) is 12.1 Å². The van der Waals surface area contributed by atoms with E-state index in [4.69, 9.17) is 9.47 Å². The summed E-state index contributed by atoms with van der Waals surface area (Å²) >= 11 is 3.65. The zero-order valence-electron chi connectivity index (χ0n) is 17.7. The Morgan fingerprint density at radius 1 is 1.00 bits per heavy atom. The van der Waals surface area contributed by atoms with Gasteiger partial charge >= 0.3 is 0 Å². The van der Waals surface area contributed by atoms with Crippen LogP contribution in [0, 0.1) is 11.2 Å². The second kappa shape index (κ2) is 9.27. The van der Waals surface area contributed by atoms with E-state index in [0.717, 1.165) is 22.0 Å². The molecule has 2 rings (SSSR count). The molecule has 0 heterocycles. The van der Waals surface area contributed by atoms with Crippen molar-refractivity contribution in [3.05, 3.63) is 57.8 Å². The molecule has 1 N–H and O–H groups in total. The summed E-state index contributed by atoms with van der Waals surface area (Å²) in [5.41, 5.74) is 2.10. The van der Waals surface area contributed by atoms with E-state index in [2.05, 4.69) is 55.9 Å². The molecule has 0 aliphatic rings. The molecule has 2 aromatic carbocycles. The number of hydrogen-bond acceptors (Lipinski definition) is 3. The van der Waals surface area contributed by atoms with Gasteiger partial charge in [-0.1, -0.05) is 48.8 Å². The number of ether oxygens (including phenoxy) is 2. The lowest BCUT2D eigenvalue weighted by Gasteiger charge is -2.34. The maximum Gasteiger partial charge on any atom is 0.167 e. The predicted octanol–water partition coefficient (Wildman–Crippen LogP) is 6.48. The minimum Gasteiger partial charge on any atom is -0.493 e. The zero-order chi connectivity index (χ0) is 20.9. The Hall–Kier alpha value is -1.59. The molecule has 0 aliphatic carbocycles. The van der Waals surface area contributed by atoms with Crippen LogP contribution in [0.15, 0.2) is 40.9 Å². The molecule has 3 nitrogen and oxygen atoms in total. The van der Waals surface area contributed by atoms with E-state index >= 15 is 0 Å². The number of methoxy groups -OCH3 is 1. The van der Waals surface area contributed by atoms with Gasteiger partial charge in [-0.15, -0.1) is 0 Å². The lowest BCUT2D eigenvalue weighted by Crippen LogP contribution is -2.42. The summed E-state index contributed by atoms with van der Waals surface area (Å²) in [4.78, 5) is 0. The number of halogens is 2. The summed E-state index contributed by atoms with van der Waals surface area (Å²) < 4.78 is 25.7. The van der Waals surface area contributed by atoms with Crippen molar-refractivity contribution in [3.63, 3.8) is 0 Å². The van der Waals surface area contributed by atoms with Crippen LogP contribution in [0.3, 0.4) is 0 Å². The fourth-order valence-electron chi connectivity index (χ4n) is 3.52. The summed E-state index contributed by atoms with van der Waals surface area (Å²) in [5.74, 6) is 1.12. The third kappa shape index (κ3) is 6.78. The fourth-order valence-corrected chi connectivity index (χ4v) is 3.97. The molecule has 0 atom stereocenters. The number of rotatable bonds is 8. The van der Waals surface area contributed by atoms with Crippen LogP contribution < -0.4 is 14.8 Å². The highest BCUT2D eigenvalue weighted by molar-refractivity contribution is 9.10. The maximum absolute atomic E-state index is 13.1. The molecule has 28 heavy (non-hydrogen) atoms. The van der Waals surface area contributed by atoms with Crippen molar-refractivity contribution in [2.75, 3.05) is 7.11 Å². The van der Waals surface area contributed by atoms with Gasteiger partial charge in [0.1, 0.15) is 12.4 Å². The normalized spacial score (nSPS) is 12.1. The fraction of sp³-hybridized carbons (Fsp3) is 0.478. The Balaban J connectivity index is 2.21. The molecule has 0 bridgehead atoms. The second-order valence-electron chi connectivity index (χ2n) is 8.95. The molecule has 0 amide bonds. The van der Waals surface area contributed by atoms with Gasteiger partial charge in [0, 0.05) is 22.1 Å². The predicted molar refractivity (Wildman–Crippen MR) is 116 cm³/mol. The average molecular weight is 452 g/mol. The Bertz CT molecular complexity index is 782. The Kier molecular flexibility index (Phi) is 7.52. The van der Waals surface area contributed by atoms with Crippen LogP contribution in [-0.4, -0.2) is 12.6 Å². The standard InChI is InChI=1S/C23H31BrFNO2/c1-22(2,3)15-23(4,5)26-13-18-19(24)11-12-20(27-6)21(18)28-14-16-7-9-17(25)10-8-16/h7-12,26H,13-15H2,1-6H3. The van der Waals surface area contributed by atoms with E-state index in [1.165, 1.54) is 12.1 Å². The molecule has 0 unspecified atom stereocenters. The maximum atomic E-state index is 13.1. The van der Waals surface area contributed by atoms with Crippen molar-refractivity contribution in [2.45, 2.75) is 59.7 Å². The zero-order valence-corrected chi connectivity index (χ0v) is 19.2. The van der Waals surface area contributed by atoms with Gasteiger partial charge in [-0.2, -0.15) is 0 Å². The second-order valence-corrected chi connectivity index (χ2v) is 9.80. The average Bonchev–Trinajstić information content (AvgIpc) is 2.58. The van der Waals surface area contributed by atoms with Crippen molar-refractivity contribution >= 4 is 15.9 Å². The third-order valence-corrected chi connectivity index (χ3v) is 5.14. The summed E-state index contributed by atoms with van der Waals surface area (Å²) in [7, 11) is 1.63. The van der Waals surface area contributed by atoms with E-state index in [9.17, 15) is 4.39 Å². The highest BCUT2D eigenvalue weighted by Gasteiger charge is 2.26. The minimum atomic E-state index is -0.255. The molecule has 0 fully saturated rings. The quantitative estimate of drug-likeness (QED) is 0.497. The van der Waals surface area contributed by atoms with Gasteiger partial charge in [0.05, 0.1) is 7.11 Å². The van der Waals surface area contributed by atoms with Crippen LogP contribution in [-0.2, 0) is 13.2 Å². The first kappa shape index (κ1) is 22.7. The largest absolute Gasteiger partial charge is 0.493 e. The number of hydrogen-bond donors (Lipinski definition) is 1. The van der Waals surface area contributed by atoms with Crippen LogP contribution in [0.4, 0.5) is 4.39 Å². The molecule has 154 valence electrons. The molecule has 0 spiro atoms. The van der Waals surface area contributed by atoms with E-state index < -0.39 is 0 Å². The molecule has 0 aliphatic heterocycles. The smallest absolute Gasteiger partial charge is 0.167 e. The van der Waals surface area contributed by atoms with Crippen LogP contribution in [0.1, 0.15) is 52.2 Å². The highest BCUT2D eigenvalue weighted by atomic mass is 79.9. The SMILES string of the molecule is COc1ccc(Br)c(CNC(C)(C)CC(C)(C)C)c1OCc1ccc(F)cc1. The van der Waals surface area contributed by atoms with Crippen molar-refractivity contribution in [1.29, 1.82) is 0 Å². The lowest BCUT2D eigenvalue weighted by molar-refractivity contribution is 0.237. The van der Waals surface area contributed by atoms with Crippen LogP contribution in [0.25, 0.3) is 0 Å². The van der Waals surface area contributed by atoms with Gasteiger partial charge in [-0.3, -0.25) is 0 Å². The van der Waals surface area contributed by atoms with Crippen molar-refractivity contribution < 1.29 is 13.9 Å². The summed E-state index contributed by atoms with van der Waals surface area (Å²) in [6, 6.07) is 10.2. The molecule has 0 radical (unpaired) electrons. The first-order valence-corrected chi connectivity index (χ1v) is 10.3. The molecule has 2 aromatic rings. The first-order chi connectivity index (χ1) is 13.0.